The second kappa shape index (κ2) is 5.87. The van der Waals surface area contributed by atoms with Crippen LogP contribution in [0.1, 0.15) is 25.8 Å². The highest BCUT2D eigenvalue weighted by Gasteiger charge is 2.33. The number of fused-ring (bicyclic) bond motifs is 6. The lowest BCUT2D eigenvalue weighted by atomic mass is 10.1. The molecule has 25 heavy (non-hydrogen) atoms. The third kappa shape index (κ3) is 2.54. The maximum Gasteiger partial charge on any atom is 0.352 e. The van der Waals surface area contributed by atoms with Crippen LogP contribution in [0.2, 0.25) is 0 Å². The van der Waals surface area contributed by atoms with Gasteiger partial charge in [0.1, 0.15) is 12.4 Å². The van der Waals surface area contributed by atoms with E-state index in [0.29, 0.717) is 5.95 Å². The van der Waals surface area contributed by atoms with Gasteiger partial charge in [0.25, 0.3) is 0 Å². The normalized spacial score (nSPS) is 15.3. The predicted octanol–water partition coefficient (Wildman–Crippen LogP) is 0.529. The smallest absolute Gasteiger partial charge is 0.352 e. The van der Waals surface area contributed by atoms with E-state index in [1.807, 2.05) is 43.0 Å². The highest BCUT2D eigenvalue weighted by atomic mass is 16.2. The van der Waals surface area contributed by atoms with Gasteiger partial charge in [0.15, 0.2) is 0 Å². The van der Waals surface area contributed by atoms with Gasteiger partial charge in [-0.2, -0.15) is 0 Å². The Morgan fingerprint density at radius 1 is 1.32 bits per heavy atom. The molecule has 1 aromatic carbocycles. The summed E-state index contributed by atoms with van der Waals surface area (Å²) in [5, 5.41) is 7.22. The molecule has 0 bridgehead atoms. The molecule has 1 aromatic heterocycles. The van der Waals surface area contributed by atoms with E-state index in [1.54, 1.807) is 4.57 Å². The van der Waals surface area contributed by atoms with Crippen molar-refractivity contribution in [3.8, 4) is 5.69 Å². The third-order valence-electron chi connectivity index (χ3n) is 4.25. The minimum absolute atomic E-state index is 0.0157. The molecule has 2 aliphatic rings. The molecule has 3 heterocycles. The fraction of sp³-hybridized carbons (Fsp3) is 0.412. The zero-order valence-corrected chi connectivity index (χ0v) is 14.3. The summed E-state index contributed by atoms with van der Waals surface area (Å²) in [5.74, 6) is 1.14. The Balaban J connectivity index is 1.83. The van der Waals surface area contributed by atoms with Gasteiger partial charge in [-0.1, -0.05) is 12.1 Å². The number of amides is 1. The van der Waals surface area contributed by atoms with Crippen LogP contribution < -0.4 is 15.9 Å². The van der Waals surface area contributed by atoms with Crippen LogP contribution in [-0.4, -0.2) is 45.2 Å². The number of aliphatic imine (C=N–C) groups is 1. The number of amidine groups is 1. The molecule has 2 aliphatic heterocycles. The molecule has 0 fully saturated rings. The van der Waals surface area contributed by atoms with Crippen LogP contribution in [-0.2, 0) is 11.3 Å². The van der Waals surface area contributed by atoms with Gasteiger partial charge in [-0.05, 0) is 32.4 Å². The van der Waals surface area contributed by atoms with Crippen LogP contribution in [0, 0.1) is 0 Å². The highest BCUT2D eigenvalue weighted by Crippen LogP contribution is 2.29. The molecule has 130 valence electrons. The van der Waals surface area contributed by atoms with Gasteiger partial charge in [-0.15, -0.1) is 5.10 Å². The Bertz CT molecular complexity index is 923. The molecule has 8 nitrogen and oxygen atoms in total. The summed E-state index contributed by atoms with van der Waals surface area (Å²) in [4.78, 5) is 31.5. The first-order valence-electron chi connectivity index (χ1n) is 8.47. The third-order valence-corrected chi connectivity index (χ3v) is 4.25. The summed E-state index contributed by atoms with van der Waals surface area (Å²) >= 11 is 0. The van der Waals surface area contributed by atoms with Crippen LogP contribution in [0.5, 0.6) is 0 Å². The van der Waals surface area contributed by atoms with Crippen LogP contribution in [0.3, 0.4) is 0 Å². The first kappa shape index (κ1) is 15.6. The van der Waals surface area contributed by atoms with E-state index in [1.165, 1.54) is 4.68 Å². The molecule has 0 atom stereocenters. The maximum atomic E-state index is 12.9. The summed E-state index contributed by atoms with van der Waals surface area (Å²) in [7, 11) is 0. The first-order chi connectivity index (χ1) is 12.1. The number of hydrogen-bond acceptors (Lipinski definition) is 5. The van der Waals surface area contributed by atoms with E-state index >= 15 is 0 Å². The summed E-state index contributed by atoms with van der Waals surface area (Å²) < 4.78 is 2.80. The van der Waals surface area contributed by atoms with Gasteiger partial charge in [0.05, 0.1) is 5.69 Å². The van der Waals surface area contributed by atoms with E-state index in [4.69, 9.17) is 0 Å². The van der Waals surface area contributed by atoms with E-state index in [9.17, 15) is 9.59 Å². The Kier molecular flexibility index (Phi) is 3.67. The molecule has 0 radical (unpaired) electrons. The monoisotopic (exact) mass is 340 g/mol. The number of para-hydroxylation sites is 1. The number of rotatable bonds is 3. The minimum atomic E-state index is -0.314. The van der Waals surface area contributed by atoms with Crippen molar-refractivity contribution in [2.24, 2.45) is 4.99 Å². The maximum absolute atomic E-state index is 12.9. The molecule has 0 saturated heterocycles. The lowest BCUT2D eigenvalue weighted by Gasteiger charge is -2.33. The molecule has 0 aliphatic carbocycles. The van der Waals surface area contributed by atoms with Crippen molar-refractivity contribution in [2.75, 3.05) is 18.0 Å². The molecule has 0 spiro atoms. The second-order valence-electron chi connectivity index (χ2n) is 6.53. The van der Waals surface area contributed by atoms with Crippen molar-refractivity contribution < 1.29 is 4.79 Å². The van der Waals surface area contributed by atoms with Crippen molar-refractivity contribution in [2.45, 2.75) is 32.9 Å². The predicted molar refractivity (Wildman–Crippen MR) is 94.5 cm³/mol. The summed E-state index contributed by atoms with van der Waals surface area (Å²) in [6.07, 6.45) is 0.903. The van der Waals surface area contributed by atoms with Crippen LogP contribution in [0.25, 0.3) is 5.69 Å². The van der Waals surface area contributed by atoms with Crippen molar-refractivity contribution >= 4 is 17.7 Å². The average Bonchev–Trinajstić information content (AvgIpc) is 2.91. The minimum Gasteiger partial charge on any atom is -0.352 e. The van der Waals surface area contributed by atoms with E-state index < -0.39 is 0 Å². The molecule has 4 rings (SSSR count). The van der Waals surface area contributed by atoms with Gasteiger partial charge in [-0.25, -0.2) is 14.0 Å². The Morgan fingerprint density at radius 2 is 2.12 bits per heavy atom. The van der Waals surface area contributed by atoms with Gasteiger partial charge in [0, 0.05) is 24.7 Å². The zero-order chi connectivity index (χ0) is 17.6. The van der Waals surface area contributed by atoms with E-state index in [2.05, 4.69) is 15.4 Å². The zero-order valence-electron chi connectivity index (χ0n) is 14.3. The van der Waals surface area contributed by atoms with Gasteiger partial charge in [-0.3, -0.25) is 14.7 Å². The van der Waals surface area contributed by atoms with Crippen molar-refractivity contribution in [1.29, 1.82) is 0 Å². The lowest BCUT2D eigenvalue weighted by Crippen LogP contribution is -2.43. The molecular formula is C17H20N6O2. The number of nitrogens with one attached hydrogen (secondary N) is 1. The van der Waals surface area contributed by atoms with Crippen molar-refractivity contribution in [1.82, 2.24) is 19.7 Å². The summed E-state index contributed by atoms with van der Waals surface area (Å²) in [6, 6.07) is 7.68. The van der Waals surface area contributed by atoms with Crippen molar-refractivity contribution in [3.05, 3.63) is 40.3 Å². The molecule has 1 N–H and O–H groups in total. The lowest BCUT2D eigenvalue weighted by molar-refractivity contribution is -0.122. The molecule has 1 amide bonds. The summed E-state index contributed by atoms with van der Waals surface area (Å²) in [6.45, 7) is 5.18. The number of aromatic nitrogens is 3. The number of anilines is 1. The van der Waals surface area contributed by atoms with Crippen LogP contribution in [0.4, 0.5) is 5.95 Å². The first-order valence-corrected chi connectivity index (χ1v) is 8.47. The Morgan fingerprint density at radius 3 is 2.92 bits per heavy atom. The van der Waals surface area contributed by atoms with Crippen LogP contribution >= 0.6 is 0 Å². The molecule has 8 heteroatoms. The molecule has 2 aromatic rings. The Hall–Kier alpha value is -2.90. The van der Waals surface area contributed by atoms with Gasteiger partial charge >= 0.3 is 5.69 Å². The van der Waals surface area contributed by atoms with E-state index in [0.717, 1.165) is 36.6 Å². The molecule has 0 saturated carbocycles. The molecular weight excluding hydrogens is 320 g/mol. The quantitative estimate of drug-likeness (QED) is 0.883. The topological polar surface area (TPSA) is 84.5 Å². The fourth-order valence-electron chi connectivity index (χ4n) is 3.28. The van der Waals surface area contributed by atoms with Gasteiger partial charge in [0.2, 0.25) is 11.9 Å². The fourth-order valence-corrected chi connectivity index (χ4v) is 3.28. The van der Waals surface area contributed by atoms with E-state index in [-0.39, 0.29) is 24.2 Å². The largest absolute Gasteiger partial charge is 0.352 e. The number of hydrogen-bond donors (Lipinski definition) is 1. The van der Waals surface area contributed by atoms with Crippen LogP contribution in [0.15, 0.2) is 34.1 Å². The van der Waals surface area contributed by atoms with Gasteiger partial charge < -0.3 is 5.32 Å². The Labute approximate surface area is 144 Å². The van der Waals surface area contributed by atoms with Crippen molar-refractivity contribution in [3.63, 3.8) is 0 Å². The second-order valence-corrected chi connectivity index (χ2v) is 6.53. The summed E-state index contributed by atoms with van der Waals surface area (Å²) in [5.41, 5.74) is 1.36. The number of benzene rings is 1. The standard InChI is InChI=1S/C17H20N6O2/c1-11(2)19-14(24)10-22-17(25)23-13-7-4-3-6-12(13)15-18-8-5-9-21(15)16(23)20-22/h3-4,6-7,11H,5,8-10H2,1-2H3,(H,19,24). The SMILES string of the molecule is CC(C)NC(=O)Cn1nc2n(c1=O)-c1ccccc1C1=NCCCN12. The highest BCUT2D eigenvalue weighted by molar-refractivity contribution is 6.13. The average molecular weight is 340 g/mol. The number of carbonyl (C=O) groups is 1. The molecule has 0 unspecified atom stereocenters. The number of carbonyl (C=O) groups excluding carboxylic acids is 1. The number of nitrogens with zero attached hydrogens (tertiary/aromatic N) is 5.